The van der Waals surface area contributed by atoms with Gasteiger partial charge < -0.3 is 10.6 Å². The molecule has 1 saturated carbocycles. The monoisotopic (exact) mass is 388 g/mol. The minimum absolute atomic E-state index is 0.108. The molecule has 0 unspecified atom stereocenters. The second-order valence-corrected chi connectivity index (χ2v) is 8.04. The van der Waals surface area contributed by atoms with Crippen LogP contribution in [0, 0.1) is 0 Å². The zero-order valence-corrected chi connectivity index (χ0v) is 15.9. The molecule has 3 rings (SSSR count). The largest absolute Gasteiger partial charge is 0.343 e. The van der Waals surface area contributed by atoms with E-state index in [0.29, 0.717) is 10.6 Å². The Morgan fingerprint density at radius 3 is 2.42 bits per heavy atom. The van der Waals surface area contributed by atoms with Crippen molar-refractivity contribution in [3.05, 3.63) is 59.1 Å². The van der Waals surface area contributed by atoms with E-state index in [2.05, 4.69) is 10.6 Å². The van der Waals surface area contributed by atoms with Crippen molar-refractivity contribution in [2.75, 3.05) is 11.9 Å². The molecule has 0 radical (unpaired) electrons. The van der Waals surface area contributed by atoms with Crippen LogP contribution in [0.1, 0.15) is 36.0 Å². The Kier molecular flexibility index (Phi) is 6.58. The number of rotatable bonds is 6. The summed E-state index contributed by atoms with van der Waals surface area (Å²) in [6.07, 6.45) is 5.22. The second kappa shape index (κ2) is 9.10. The van der Waals surface area contributed by atoms with Crippen LogP contribution < -0.4 is 10.6 Å². The van der Waals surface area contributed by atoms with Gasteiger partial charge in [0.15, 0.2) is 0 Å². The summed E-state index contributed by atoms with van der Waals surface area (Å²) in [7, 11) is 0. The van der Waals surface area contributed by atoms with Crippen molar-refractivity contribution in [2.45, 2.75) is 35.8 Å². The number of benzene rings is 2. The summed E-state index contributed by atoms with van der Waals surface area (Å²) in [5.74, 6) is -0.643. The molecule has 1 aliphatic rings. The summed E-state index contributed by atoms with van der Waals surface area (Å²) < 4.78 is 0. The molecule has 0 heterocycles. The Bertz CT molecular complexity index is 774. The minimum Gasteiger partial charge on any atom is -0.343 e. The molecule has 136 valence electrons. The fourth-order valence-electron chi connectivity index (χ4n) is 2.92. The van der Waals surface area contributed by atoms with Gasteiger partial charge in [0.1, 0.15) is 0 Å². The number of halogens is 1. The highest BCUT2D eigenvalue weighted by Gasteiger charge is 2.16. The third kappa shape index (κ3) is 5.26. The average molecular weight is 389 g/mol. The molecule has 2 amide bonds. The summed E-state index contributed by atoms with van der Waals surface area (Å²) in [6, 6.07) is 14.6. The molecule has 0 aliphatic heterocycles. The van der Waals surface area contributed by atoms with Gasteiger partial charge in [0.05, 0.1) is 17.1 Å². The van der Waals surface area contributed by atoms with E-state index in [9.17, 15) is 9.59 Å². The number of thioether (sulfide) groups is 1. The molecule has 4 nitrogen and oxygen atoms in total. The summed E-state index contributed by atoms with van der Waals surface area (Å²) in [5, 5.41) is 6.45. The Morgan fingerprint density at radius 1 is 1.04 bits per heavy atom. The van der Waals surface area contributed by atoms with E-state index >= 15 is 0 Å². The van der Waals surface area contributed by atoms with E-state index in [0.717, 1.165) is 10.9 Å². The predicted octanol–water partition coefficient (Wildman–Crippen LogP) is 4.74. The molecular weight excluding hydrogens is 368 g/mol. The van der Waals surface area contributed by atoms with Gasteiger partial charge in [-0.2, -0.15) is 0 Å². The summed E-state index contributed by atoms with van der Waals surface area (Å²) >= 11 is 7.89. The van der Waals surface area contributed by atoms with Gasteiger partial charge in [-0.05, 0) is 49.2 Å². The lowest BCUT2D eigenvalue weighted by Gasteiger charge is -2.10. The molecule has 1 aliphatic carbocycles. The van der Waals surface area contributed by atoms with E-state index in [1.54, 1.807) is 24.3 Å². The molecule has 2 aromatic carbocycles. The SMILES string of the molecule is O=C(CNC(=O)c1ccccc1Cl)Nc1ccc(SC2CCCC2)cc1. The predicted molar refractivity (Wildman–Crippen MR) is 107 cm³/mol. The number of carbonyl (C=O) groups excluding carboxylic acids is 2. The van der Waals surface area contributed by atoms with Crippen LogP contribution in [0.3, 0.4) is 0 Å². The number of amides is 2. The van der Waals surface area contributed by atoms with Crippen LogP contribution >= 0.6 is 23.4 Å². The van der Waals surface area contributed by atoms with Crippen molar-refractivity contribution >= 4 is 40.9 Å². The van der Waals surface area contributed by atoms with Crippen molar-refractivity contribution in [3.8, 4) is 0 Å². The van der Waals surface area contributed by atoms with E-state index < -0.39 is 0 Å². The van der Waals surface area contributed by atoms with E-state index in [1.165, 1.54) is 30.6 Å². The lowest BCUT2D eigenvalue weighted by Crippen LogP contribution is -2.32. The molecule has 26 heavy (non-hydrogen) atoms. The van der Waals surface area contributed by atoms with E-state index in [4.69, 9.17) is 11.6 Å². The highest BCUT2D eigenvalue weighted by Crippen LogP contribution is 2.34. The number of hydrogen-bond acceptors (Lipinski definition) is 3. The molecule has 0 bridgehead atoms. The van der Waals surface area contributed by atoms with Crippen LogP contribution in [0.2, 0.25) is 5.02 Å². The van der Waals surface area contributed by atoms with Crippen LogP contribution in [-0.2, 0) is 4.79 Å². The van der Waals surface area contributed by atoms with Crippen molar-refractivity contribution < 1.29 is 9.59 Å². The fourth-order valence-corrected chi connectivity index (χ4v) is 4.39. The summed E-state index contributed by atoms with van der Waals surface area (Å²) in [4.78, 5) is 25.3. The maximum Gasteiger partial charge on any atom is 0.253 e. The van der Waals surface area contributed by atoms with Gasteiger partial charge in [-0.3, -0.25) is 9.59 Å². The molecule has 0 aromatic heterocycles. The second-order valence-electron chi connectivity index (χ2n) is 6.26. The van der Waals surface area contributed by atoms with Crippen molar-refractivity contribution in [1.29, 1.82) is 0 Å². The van der Waals surface area contributed by atoms with Gasteiger partial charge in [0.2, 0.25) is 5.91 Å². The first-order valence-corrected chi connectivity index (χ1v) is 9.97. The molecule has 6 heteroatoms. The number of nitrogens with one attached hydrogen (secondary N) is 2. The van der Waals surface area contributed by atoms with Gasteiger partial charge in [-0.25, -0.2) is 0 Å². The first-order chi connectivity index (χ1) is 12.6. The first kappa shape index (κ1) is 18.8. The molecule has 0 saturated heterocycles. The quantitative estimate of drug-likeness (QED) is 0.751. The van der Waals surface area contributed by atoms with Crippen LogP contribution in [0.4, 0.5) is 5.69 Å². The summed E-state index contributed by atoms with van der Waals surface area (Å²) in [5.41, 5.74) is 1.08. The lowest BCUT2D eigenvalue weighted by molar-refractivity contribution is -0.115. The highest BCUT2D eigenvalue weighted by atomic mass is 35.5. The van der Waals surface area contributed by atoms with Gasteiger partial charge in [-0.15, -0.1) is 11.8 Å². The van der Waals surface area contributed by atoms with Gasteiger partial charge >= 0.3 is 0 Å². The third-order valence-electron chi connectivity index (χ3n) is 4.27. The average Bonchev–Trinajstić information content (AvgIpc) is 3.15. The first-order valence-electron chi connectivity index (χ1n) is 8.71. The van der Waals surface area contributed by atoms with Crippen LogP contribution in [0.15, 0.2) is 53.4 Å². The molecule has 0 spiro atoms. The highest BCUT2D eigenvalue weighted by molar-refractivity contribution is 8.00. The van der Waals surface area contributed by atoms with Crippen molar-refractivity contribution in [1.82, 2.24) is 5.32 Å². The molecule has 2 aromatic rings. The van der Waals surface area contributed by atoms with E-state index in [-0.39, 0.29) is 18.4 Å². The smallest absolute Gasteiger partial charge is 0.253 e. The van der Waals surface area contributed by atoms with Crippen LogP contribution in [0.25, 0.3) is 0 Å². The Hall–Kier alpha value is -1.98. The third-order valence-corrected chi connectivity index (χ3v) is 5.95. The molecular formula is C20H21ClN2O2S. The Morgan fingerprint density at radius 2 is 1.73 bits per heavy atom. The minimum atomic E-state index is -0.367. The van der Waals surface area contributed by atoms with Crippen molar-refractivity contribution in [2.24, 2.45) is 0 Å². The molecule has 1 fully saturated rings. The normalized spacial score (nSPS) is 14.2. The maximum atomic E-state index is 12.1. The van der Waals surface area contributed by atoms with Gasteiger partial charge in [0, 0.05) is 15.8 Å². The maximum absolute atomic E-state index is 12.1. The zero-order valence-electron chi connectivity index (χ0n) is 14.3. The Labute approximate surface area is 162 Å². The number of carbonyl (C=O) groups is 2. The van der Waals surface area contributed by atoms with Crippen molar-refractivity contribution in [3.63, 3.8) is 0 Å². The van der Waals surface area contributed by atoms with Gasteiger partial charge in [0.25, 0.3) is 5.91 Å². The topological polar surface area (TPSA) is 58.2 Å². The lowest BCUT2D eigenvalue weighted by atomic mass is 10.2. The Balaban J connectivity index is 1.47. The van der Waals surface area contributed by atoms with Crippen LogP contribution in [-0.4, -0.2) is 23.6 Å². The van der Waals surface area contributed by atoms with Crippen LogP contribution in [0.5, 0.6) is 0 Å². The van der Waals surface area contributed by atoms with Gasteiger partial charge in [-0.1, -0.05) is 36.6 Å². The number of hydrogen-bond donors (Lipinski definition) is 2. The fraction of sp³-hybridized carbons (Fsp3) is 0.300. The zero-order chi connectivity index (χ0) is 18.4. The molecule has 2 N–H and O–H groups in total. The van der Waals surface area contributed by atoms with E-state index in [1.807, 2.05) is 36.0 Å². The number of anilines is 1. The standard InChI is InChI=1S/C20H21ClN2O2S/c21-18-8-4-3-7-17(18)20(25)22-13-19(24)23-14-9-11-16(12-10-14)26-15-5-1-2-6-15/h3-4,7-12,15H,1-2,5-6,13H2,(H,22,25)(H,23,24). The molecule has 0 atom stereocenters. The summed E-state index contributed by atoms with van der Waals surface area (Å²) in [6.45, 7) is -0.108.